The highest BCUT2D eigenvalue weighted by Crippen LogP contribution is 2.28. The van der Waals surface area contributed by atoms with Crippen LogP contribution in [-0.2, 0) is 9.53 Å². The molecule has 4 aromatic rings. The molecule has 32 heavy (non-hydrogen) atoms. The lowest BCUT2D eigenvalue weighted by molar-refractivity contribution is -0.115. The zero-order chi connectivity index (χ0) is 22.5. The summed E-state index contributed by atoms with van der Waals surface area (Å²) in [7, 11) is 1.43. The lowest BCUT2D eigenvalue weighted by Crippen LogP contribution is -2.15. The number of nitrogens with one attached hydrogen (secondary N) is 2. The number of methoxy groups -OCH3 is 1. The molecule has 2 aromatic carbocycles. The number of rotatable bonds is 6. The SMILES string of the molecule is COC(=CC=Cc1cc2cc(Cl)c(Cl)cc2[nH]1)C(=O)Nc1cnc(-c2ccccc2)nc1. The van der Waals surface area contributed by atoms with Gasteiger partial charge in [0.2, 0.25) is 0 Å². The third-order valence-corrected chi connectivity index (χ3v) is 5.31. The smallest absolute Gasteiger partial charge is 0.290 e. The summed E-state index contributed by atoms with van der Waals surface area (Å²) in [6.45, 7) is 0. The maximum atomic E-state index is 12.5. The molecule has 6 nitrogen and oxygen atoms in total. The third kappa shape index (κ3) is 4.99. The van der Waals surface area contributed by atoms with E-state index in [9.17, 15) is 4.79 Å². The van der Waals surface area contributed by atoms with E-state index in [1.807, 2.05) is 42.5 Å². The van der Waals surface area contributed by atoms with E-state index in [0.717, 1.165) is 22.2 Å². The highest BCUT2D eigenvalue weighted by Gasteiger charge is 2.10. The van der Waals surface area contributed by atoms with Crippen LogP contribution >= 0.6 is 23.2 Å². The second-order valence-electron chi connectivity index (χ2n) is 6.79. The van der Waals surface area contributed by atoms with Crippen molar-refractivity contribution in [1.82, 2.24) is 15.0 Å². The van der Waals surface area contributed by atoms with Gasteiger partial charge < -0.3 is 15.0 Å². The summed E-state index contributed by atoms with van der Waals surface area (Å²) in [5, 5.41) is 4.64. The molecule has 1 amide bonds. The van der Waals surface area contributed by atoms with Gasteiger partial charge in [-0.05, 0) is 30.4 Å². The molecule has 4 rings (SSSR count). The van der Waals surface area contributed by atoms with E-state index in [2.05, 4.69) is 20.3 Å². The van der Waals surface area contributed by atoms with Crippen molar-refractivity contribution < 1.29 is 9.53 Å². The van der Waals surface area contributed by atoms with Gasteiger partial charge in [-0.1, -0.05) is 59.6 Å². The molecule has 0 aliphatic carbocycles. The van der Waals surface area contributed by atoms with Crippen molar-refractivity contribution in [2.75, 3.05) is 12.4 Å². The van der Waals surface area contributed by atoms with Crippen molar-refractivity contribution in [3.05, 3.63) is 94.6 Å². The van der Waals surface area contributed by atoms with E-state index >= 15 is 0 Å². The highest BCUT2D eigenvalue weighted by molar-refractivity contribution is 6.42. The minimum absolute atomic E-state index is 0.135. The molecule has 0 aliphatic heterocycles. The number of aromatic nitrogens is 3. The van der Waals surface area contributed by atoms with Crippen LogP contribution < -0.4 is 5.32 Å². The van der Waals surface area contributed by atoms with Crippen molar-refractivity contribution in [1.29, 1.82) is 0 Å². The van der Waals surface area contributed by atoms with Crippen molar-refractivity contribution in [2.24, 2.45) is 0 Å². The topological polar surface area (TPSA) is 79.9 Å². The van der Waals surface area contributed by atoms with Gasteiger partial charge >= 0.3 is 0 Å². The molecule has 0 saturated heterocycles. The molecule has 8 heteroatoms. The Labute approximate surface area is 194 Å². The van der Waals surface area contributed by atoms with Crippen LogP contribution in [0.15, 0.2) is 78.8 Å². The second-order valence-corrected chi connectivity index (χ2v) is 7.60. The van der Waals surface area contributed by atoms with Gasteiger partial charge in [0.1, 0.15) is 0 Å². The molecule has 160 valence electrons. The van der Waals surface area contributed by atoms with E-state index in [0.29, 0.717) is 21.6 Å². The number of aromatic amines is 1. The van der Waals surface area contributed by atoms with Crippen LogP contribution in [0, 0.1) is 0 Å². The number of anilines is 1. The summed E-state index contributed by atoms with van der Waals surface area (Å²) >= 11 is 12.1. The molecule has 0 fully saturated rings. The van der Waals surface area contributed by atoms with Gasteiger partial charge in [0.25, 0.3) is 5.91 Å². The summed E-state index contributed by atoms with van der Waals surface area (Å²) < 4.78 is 5.22. The standard InChI is InChI=1S/C24H18Cl2N4O2/c1-32-22(9-5-8-17-10-16-11-19(25)20(26)12-21(16)29-17)24(31)30-18-13-27-23(28-14-18)15-6-3-2-4-7-15/h2-14,29H,1H3,(H,30,31). The molecule has 0 radical (unpaired) electrons. The number of allylic oxidation sites excluding steroid dienone is 2. The molecule has 0 atom stereocenters. The summed E-state index contributed by atoms with van der Waals surface area (Å²) in [5.41, 5.74) is 3.06. The Bertz CT molecular complexity index is 1270. The zero-order valence-corrected chi connectivity index (χ0v) is 18.5. The first-order valence-electron chi connectivity index (χ1n) is 9.62. The number of amides is 1. The average molecular weight is 465 g/mol. The highest BCUT2D eigenvalue weighted by atomic mass is 35.5. The van der Waals surface area contributed by atoms with E-state index < -0.39 is 5.91 Å². The van der Waals surface area contributed by atoms with Gasteiger partial charge in [0, 0.05) is 22.2 Å². The summed E-state index contributed by atoms with van der Waals surface area (Å²) in [5.74, 6) is 0.300. The number of carbonyl (C=O) groups excluding carboxylic acids is 1. The predicted molar refractivity (Wildman–Crippen MR) is 129 cm³/mol. The van der Waals surface area contributed by atoms with E-state index in [4.69, 9.17) is 27.9 Å². The Balaban J connectivity index is 1.44. The Hall–Kier alpha value is -3.61. The van der Waals surface area contributed by atoms with Crippen molar-refractivity contribution in [3.63, 3.8) is 0 Å². The number of hydrogen-bond acceptors (Lipinski definition) is 4. The molecule has 0 unspecified atom stereocenters. The third-order valence-electron chi connectivity index (χ3n) is 4.59. The number of nitrogens with zero attached hydrogens (tertiary/aromatic N) is 2. The largest absolute Gasteiger partial charge is 0.491 e. The molecule has 2 N–H and O–H groups in total. The van der Waals surface area contributed by atoms with Crippen LogP contribution in [-0.4, -0.2) is 28.0 Å². The Kier molecular flexibility index (Phi) is 6.54. The molecule has 0 aliphatic rings. The Morgan fingerprint density at radius 3 is 2.50 bits per heavy atom. The second kappa shape index (κ2) is 9.68. The fraction of sp³-hybridized carbons (Fsp3) is 0.0417. The summed E-state index contributed by atoms with van der Waals surface area (Å²) in [4.78, 5) is 24.4. The summed E-state index contributed by atoms with van der Waals surface area (Å²) in [6.07, 6.45) is 8.20. The van der Waals surface area contributed by atoms with Gasteiger partial charge in [-0.3, -0.25) is 4.79 Å². The van der Waals surface area contributed by atoms with Crippen LogP contribution in [0.4, 0.5) is 5.69 Å². The van der Waals surface area contributed by atoms with Crippen LogP contribution in [0.1, 0.15) is 5.69 Å². The van der Waals surface area contributed by atoms with E-state index in [1.54, 1.807) is 36.7 Å². The first-order chi connectivity index (χ1) is 15.5. The molecule has 0 spiro atoms. The maximum Gasteiger partial charge on any atom is 0.290 e. The van der Waals surface area contributed by atoms with Gasteiger partial charge in [0.15, 0.2) is 11.6 Å². The van der Waals surface area contributed by atoms with Crippen LogP contribution in [0.2, 0.25) is 10.0 Å². The first kappa shape index (κ1) is 21.6. The van der Waals surface area contributed by atoms with Gasteiger partial charge in [-0.25, -0.2) is 9.97 Å². The number of benzene rings is 2. The Morgan fingerprint density at radius 2 is 1.78 bits per heavy atom. The normalized spacial score (nSPS) is 11.8. The lowest BCUT2D eigenvalue weighted by atomic mass is 10.2. The zero-order valence-electron chi connectivity index (χ0n) is 17.0. The summed E-state index contributed by atoms with van der Waals surface area (Å²) in [6, 6.07) is 15.1. The van der Waals surface area contributed by atoms with E-state index in [1.165, 1.54) is 7.11 Å². The minimum Gasteiger partial charge on any atom is -0.491 e. The lowest BCUT2D eigenvalue weighted by Gasteiger charge is -2.07. The van der Waals surface area contributed by atoms with Gasteiger partial charge in [0.05, 0.1) is 35.2 Å². The van der Waals surface area contributed by atoms with Crippen molar-refractivity contribution in [2.45, 2.75) is 0 Å². The van der Waals surface area contributed by atoms with E-state index in [-0.39, 0.29) is 5.76 Å². The number of carbonyl (C=O) groups is 1. The average Bonchev–Trinajstić information content (AvgIpc) is 3.19. The minimum atomic E-state index is -0.413. The molecular weight excluding hydrogens is 447 g/mol. The predicted octanol–water partition coefficient (Wildman–Crippen LogP) is 6.11. The molecule has 0 bridgehead atoms. The molecule has 2 aromatic heterocycles. The van der Waals surface area contributed by atoms with Crippen LogP contribution in [0.3, 0.4) is 0 Å². The molecule has 0 saturated carbocycles. The van der Waals surface area contributed by atoms with Crippen LogP contribution in [0.25, 0.3) is 28.4 Å². The van der Waals surface area contributed by atoms with Gasteiger partial charge in [-0.15, -0.1) is 0 Å². The first-order valence-corrected chi connectivity index (χ1v) is 10.4. The van der Waals surface area contributed by atoms with Crippen molar-refractivity contribution >= 4 is 51.8 Å². The number of halogens is 2. The maximum absolute atomic E-state index is 12.5. The molecule has 2 heterocycles. The van der Waals surface area contributed by atoms with Crippen molar-refractivity contribution in [3.8, 4) is 11.4 Å². The fourth-order valence-corrected chi connectivity index (χ4v) is 3.37. The number of ether oxygens (including phenoxy) is 1. The van der Waals surface area contributed by atoms with Gasteiger partial charge in [-0.2, -0.15) is 0 Å². The number of H-pyrrole nitrogens is 1. The quantitative estimate of drug-likeness (QED) is 0.205. The Morgan fingerprint density at radius 1 is 1.06 bits per heavy atom. The molecular formula is C24H18Cl2N4O2. The monoisotopic (exact) mass is 464 g/mol. The number of fused-ring (bicyclic) bond motifs is 1. The van der Waals surface area contributed by atoms with Crippen LogP contribution in [0.5, 0.6) is 0 Å². The number of hydrogen-bond donors (Lipinski definition) is 2. The fourth-order valence-electron chi connectivity index (χ4n) is 3.04.